The van der Waals surface area contributed by atoms with Crippen molar-refractivity contribution in [1.29, 1.82) is 0 Å². The number of nitrogens with one attached hydrogen (secondary N) is 2. The van der Waals surface area contributed by atoms with Gasteiger partial charge in [-0.2, -0.15) is 0 Å². The Labute approximate surface area is 155 Å². The summed E-state index contributed by atoms with van der Waals surface area (Å²) in [5, 5.41) is 5.81. The van der Waals surface area contributed by atoms with Gasteiger partial charge in [0.2, 0.25) is 5.91 Å². The highest BCUT2D eigenvalue weighted by Gasteiger charge is 2.15. The van der Waals surface area contributed by atoms with Crippen LogP contribution in [0, 0.1) is 6.92 Å². The average molecular weight is 353 g/mol. The number of urea groups is 1. The van der Waals surface area contributed by atoms with Crippen molar-refractivity contribution in [3.63, 3.8) is 0 Å². The summed E-state index contributed by atoms with van der Waals surface area (Å²) in [6.07, 6.45) is 1.29. The van der Waals surface area contributed by atoms with E-state index in [0.717, 1.165) is 17.5 Å². The normalized spacial score (nSPS) is 10.3. The van der Waals surface area contributed by atoms with Crippen molar-refractivity contribution in [2.24, 2.45) is 0 Å². The SMILES string of the molecule is CCCN(Cc1ccccc1)C(=O)Nc1cc(NC(=O)CC)ccc1C. The largest absolute Gasteiger partial charge is 0.326 e. The highest BCUT2D eigenvalue weighted by Crippen LogP contribution is 2.21. The number of carbonyl (C=O) groups excluding carboxylic acids is 2. The second kappa shape index (κ2) is 9.61. The van der Waals surface area contributed by atoms with Gasteiger partial charge in [-0.1, -0.05) is 50.2 Å². The van der Waals surface area contributed by atoms with Gasteiger partial charge in [-0.05, 0) is 36.6 Å². The summed E-state index contributed by atoms with van der Waals surface area (Å²) in [6, 6.07) is 15.3. The van der Waals surface area contributed by atoms with Crippen molar-refractivity contribution in [1.82, 2.24) is 4.90 Å². The lowest BCUT2D eigenvalue weighted by atomic mass is 10.1. The van der Waals surface area contributed by atoms with Crippen molar-refractivity contribution >= 4 is 23.3 Å². The van der Waals surface area contributed by atoms with E-state index in [1.165, 1.54) is 0 Å². The first-order valence-electron chi connectivity index (χ1n) is 9.03. The summed E-state index contributed by atoms with van der Waals surface area (Å²) in [7, 11) is 0. The van der Waals surface area contributed by atoms with Gasteiger partial charge in [-0.3, -0.25) is 4.79 Å². The van der Waals surface area contributed by atoms with Crippen LogP contribution in [0.5, 0.6) is 0 Å². The average Bonchev–Trinajstić information content (AvgIpc) is 2.64. The van der Waals surface area contributed by atoms with Crippen LogP contribution in [0.1, 0.15) is 37.8 Å². The van der Waals surface area contributed by atoms with Crippen LogP contribution < -0.4 is 10.6 Å². The summed E-state index contributed by atoms with van der Waals surface area (Å²) in [4.78, 5) is 26.2. The van der Waals surface area contributed by atoms with E-state index >= 15 is 0 Å². The van der Waals surface area contributed by atoms with Crippen LogP contribution in [0.25, 0.3) is 0 Å². The molecular formula is C21H27N3O2. The Kier molecular flexibility index (Phi) is 7.21. The maximum Gasteiger partial charge on any atom is 0.322 e. The lowest BCUT2D eigenvalue weighted by Gasteiger charge is -2.23. The minimum Gasteiger partial charge on any atom is -0.326 e. The summed E-state index contributed by atoms with van der Waals surface area (Å²) in [5.41, 5.74) is 3.43. The van der Waals surface area contributed by atoms with Crippen molar-refractivity contribution in [3.05, 3.63) is 59.7 Å². The predicted octanol–water partition coefficient (Wildman–Crippen LogP) is 4.79. The quantitative estimate of drug-likeness (QED) is 0.752. The maximum atomic E-state index is 12.8. The molecule has 0 atom stereocenters. The Hall–Kier alpha value is -2.82. The molecule has 0 aromatic heterocycles. The molecule has 0 saturated heterocycles. The van der Waals surface area contributed by atoms with Crippen LogP contribution in [-0.4, -0.2) is 23.4 Å². The van der Waals surface area contributed by atoms with E-state index < -0.39 is 0 Å². The molecule has 0 saturated carbocycles. The van der Waals surface area contributed by atoms with Gasteiger partial charge in [-0.15, -0.1) is 0 Å². The Morgan fingerprint density at radius 1 is 1.00 bits per heavy atom. The molecule has 2 aromatic carbocycles. The van der Waals surface area contributed by atoms with Gasteiger partial charge in [0.15, 0.2) is 0 Å². The zero-order valence-corrected chi connectivity index (χ0v) is 15.7. The minimum absolute atomic E-state index is 0.0529. The molecule has 5 nitrogen and oxygen atoms in total. The minimum atomic E-state index is -0.141. The first-order valence-corrected chi connectivity index (χ1v) is 9.03. The fourth-order valence-corrected chi connectivity index (χ4v) is 2.60. The molecule has 3 amide bonds. The summed E-state index contributed by atoms with van der Waals surface area (Å²) in [6.45, 7) is 7.02. The molecule has 0 spiro atoms. The van der Waals surface area contributed by atoms with Crippen molar-refractivity contribution in [2.75, 3.05) is 17.2 Å². The van der Waals surface area contributed by atoms with Gasteiger partial charge in [0, 0.05) is 30.9 Å². The molecule has 0 unspecified atom stereocenters. The molecule has 0 aliphatic rings. The van der Waals surface area contributed by atoms with E-state index in [9.17, 15) is 9.59 Å². The number of amides is 3. The Morgan fingerprint density at radius 3 is 2.38 bits per heavy atom. The number of benzene rings is 2. The van der Waals surface area contributed by atoms with Crippen LogP contribution >= 0.6 is 0 Å². The lowest BCUT2D eigenvalue weighted by molar-refractivity contribution is -0.115. The van der Waals surface area contributed by atoms with Crippen LogP contribution in [0.3, 0.4) is 0 Å². The van der Waals surface area contributed by atoms with Crippen LogP contribution in [-0.2, 0) is 11.3 Å². The number of nitrogens with zero attached hydrogens (tertiary/aromatic N) is 1. The molecule has 2 rings (SSSR count). The number of anilines is 2. The first-order chi connectivity index (χ1) is 12.5. The van der Waals surface area contributed by atoms with E-state index in [-0.39, 0.29) is 11.9 Å². The summed E-state index contributed by atoms with van der Waals surface area (Å²) in [5.74, 6) is -0.0529. The Morgan fingerprint density at radius 2 is 1.73 bits per heavy atom. The monoisotopic (exact) mass is 353 g/mol. The molecule has 2 N–H and O–H groups in total. The van der Waals surface area contributed by atoms with Gasteiger partial charge in [-0.25, -0.2) is 4.79 Å². The number of hydrogen-bond acceptors (Lipinski definition) is 2. The van der Waals surface area contributed by atoms with Crippen LogP contribution in [0.2, 0.25) is 0 Å². The standard InChI is InChI=1S/C21H27N3O2/c1-4-13-24(15-17-9-7-6-8-10-17)21(26)23-19-14-18(12-11-16(19)3)22-20(25)5-2/h6-12,14H,4-5,13,15H2,1-3H3,(H,22,25)(H,23,26). The first kappa shape index (κ1) is 19.5. The highest BCUT2D eigenvalue weighted by molar-refractivity contribution is 5.94. The molecule has 2 aromatic rings. The molecule has 0 aliphatic carbocycles. The molecule has 138 valence electrons. The van der Waals surface area contributed by atoms with E-state index in [2.05, 4.69) is 17.6 Å². The zero-order valence-electron chi connectivity index (χ0n) is 15.7. The highest BCUT2D eigenvalue weighted by atomic mass is 16.2. The van der Waals surface area contributed by atoms with Crippen LogP contribution in [0.4, 0.5) is 16.2 Å². The number of hydrogen-bond donors (Lipinski definition) is 2. The fourth-order valence-electron chi connectivity index (χ4n) is 2.60. The second-order valence-electron chi connectivity index (χ2n) is 6.27. The van der Waals surface area contributed by atoms with Gasteiger partial charge in [0.05, 0.1) is 0 Å². The lowest BCUT2D eigenvalue weighted by Crippen LogP contribution is -2.35. The number of carbonyl (C=O) groups is 2. The maximum absolute atomic E-state index is 12.8. The molecular weight excluding hydrogens is 326 g/mol. The number of aryl methyl sites for hydroxylation is 1. The van der Waals surface area contributed by atoms with Gasteiger partial charge < -0.3 is 15.5 Å². The predicted molar refractivity (Wildman–Crippen MR) is 106 cm³/mol. The van der Waals surface area contributed by atoms with Crippen molar-refractivity contribution in [3.8, 4) is 0 Å². The molecule has 5 heteroatoms. The molecule has 0 heterocycles. The third-order valence-corrected chi connectivity index (χ3v) is 4.08. The summed E-state index contributed by atoms with van der Waals surface area (Å²) >= 11 is 0. The third-order valence-electron chi connectivity index (χ3n) is 4.08. The van der Waals surface area contributed by atoms with E-state index in [1.54, 1.807) is 17.9 Å². The van der Waals surface area contributed by atoms with E-state index in [4.69, 9.17) is 0 Å². The molecule has 26 heavy (non-hydrogen) atoms. The second-order valence-corrected chi connectivity index (χ2v) is 6.27. The van der Waals surface area contributed by atoms with E-state index in [1.807, 2.05) is 49.4 Å². The summed E-state index contributed by atoms with van der Waals surface area (Å²) < 4.78 is 0. The zero-order chi connectivity index (χ0) is 18.9. The third kappa shape index (κ3) is 5.62. The fraction of sp³-hybridized carbons (Fsp3) is 0.333. The molecule has 0 bridgehead atoms. The van der Waals surface area contributed by atoms with Gasteiger partial charge in [0.1, 0.15) is 0 Å². The van der Waals surface area contributed by atoms with Crippen molar-refractivity contribution < 1.29 is 9.59 Å². The molecule has 0 radical (unpaired) electrons. The van der Waals surface area contributed by atoms with Crippen molar-refractivity contribution in [2.45, 2.75) is 40.2 Å². The molecule has 0 fully saturated rings. The van der Waals surface area contributed by atoms with Gasteiger partial charge >= 0.3 is 6.03 Å². The Bertz CT molecular complexity index is 744. The topological polar surface area (TPSA) is 61.4 Å². The van der Waals surface area contributed by atoms with Gasteiger partial charge in [0.25, 0.3) is 0 Å². The smallest absolute Gasteiger partial charge is 0.322 e. The van der Waals surface area contributed by atoms with Crippen LogP contribution in [0.15, 0.2) is 48.5 Å². The Balaban J connectivity index is 2.12. The van der Waals surface area contributed by atoms with E-state index in [0.29, 0.717) is 30.9 Å². The molecule has 0 aliphatic heterocycles. The number of rotatable bonds is 7.